The second-order valence-corrected chi connectivity index (χ2v) is 7.39. The van der Waals surface area contributed by atoms with Crippen LogP contribution >= 0.6 is 0 Å². The molecule has 0 N–H and O–H groups in total. The van der Waals surface area contributed by atoms with E-state index in [9.17, 15) is 14.4 Å². The van der Waals surface area contributed by atoms with E-state index < -0.39 is 0 Å². The van der Waals surface area contributed by atoms with Crippen LogP contribution in [0.1, 0.15) is 47.5 Å². The van der Waals surface area contributed by atoms with Gasteiger partial charge in [-0.25, -0.2) is 0 Å². The fourth-order valence-corrected chi connectivity index (χ4v) is 2.76. The summed E-state index contributed by atoms with van der Waals surface area (Å²) in [6.45, 7) is 11.7. The SMILES string of the molecule is CC(C)C(=O)CCOCCOCCN1C(=O)CC(C(C)C(C)C)C1=O. The topological polar surface area (TPSA) is 72.9 Å². The zero-order valence-corrected chi connectivity index (χ0v) is 16.2. The van der Waals surface area contributed by atoms with E-state index in [0.29, 0.717) is 51.7 Å². The Kier molecular flexibility index (Phi) is 9.28. The van der Waals surface area contributed by atoms with Crippen LogP contribution in [0.2, 0.25) is 0 Å². The Labute approximate surface area is 151 Å². The molecule has 144 valence electrons. The fraction of sp³-hybridized carbons (Fsp3) is 0.842. The number of likely N-dealkylation sites (tertiary alicyclic amines) is 1. The summed E-state index contributed by atoms with van der Waals surface area (Å²) in [7, 11) is 0. The maximum Gasteiger partial charge on any atom is 0.233 e. The van der Waals surface area contributed by atoms with E-state index in [1.54, 1.807) is 0 Å². The molecule has 2 unspecified atom stereocenters. The van der Waals surface area contributed by atoms with Gasteiger partial charge >= 0.3 is 0 Å². The average Bonchev–Trinajstić information content (AvgIpc) is 2.83. The number of carbonyl (C=O) groups excluding carboxylic acids is 3. The van der Waals surface area contributed by atoms with Gasteiger partial charge in [-0.2, -0.15) is 0 Å². The molecule has 0 radical (unpaired) electrons. The normalized spacial score (nSPS) is 19.3. The van der Waals surface area contributed by atoms with Crippen molar-refractivity contribution in [2.75, 3.05) is 33.0 Å². The standard InChI is InChI=1S/C19H33NO5/c1-13(2)15(5)16-12-18(22)20(19(16)23)7-9-25-11-10-24-8-6-17(21)14(3)4/h13-16H,6-12H2,1-5H3. The van der Waals surface area contributed by atoms with Crippen molar-refractivity contribution >= 4 is 17.6 Å². The number of imide groups is 1. The molecule has 0 bridgehead atoms. The predicted octanol–water partition coefficient (Wildman–Crippen LogP) is 2.30. The number of amides is 2. The molecule has 1 aliphatic heterocycles. The minimum atomic E-state index is -0.200. The van der Waals surface area contributed by atoms with Crippen LogP contribution in [0.25, 0.3) is 0 Å². The van der Waals surface area contributed by atoms with Gasteiger partial charge in [-0.3, -0.25) is 19.3 Å². The molecule has 2 atom stereocenters. The molecule has 1 fully saturated rings. The third-order valence-corrected chi connectivity index (χ3v) is 4.93. The van der Waals surface area contributed by atoms with Crippen LogP contribution in [0.4, 0.5) is 0 Å². The van der Waals surface area contributed by atoms with E-state index >= 15 is 0 Å². The molecule has 0 aromatic carbocycles. The second-order valence-electron chi connectivity index (χ2n) is 7.39. The predicted molar refractivity (Wildman–Crippen MR) is 94.9 cm³/mol. The lowest BCUT2D eigenvalue weighted by Gasteiger charge is -2.21. The van der Waals surface area contributed by atoms with Crippen LogP contribution < -0.4 is 0 Å². The van der Waals surface area contributed by atoms with Crippen molar-refractivity contribution in [2.45, 2.75) is 47.5 Å². The Hall–Kier alpha value is -1.27. The summed E-state index contributed by atoms with van der Waals surface area (Å²) in [4.78, 5) is 37.2. The lowest BCUT2D eigenvalue weighted by molar-refractivity contribution is -0.140. The number of carbonyl (C=O) groups is 3. The summed E-state index contributed by atoms with van der Waals surface area (Å²) in [5, 5.41) is 0. The number of nitrogens with zero attached hydrogens (tertiary/aromatic N) is 1. The van der Waals surface area contributed by atoms with Crippen LogP contribution in [0.5, 0.6) is 0 Å². The minimum absolute atomic E-state index is 0.0395. The van der Waals surface area contributed by atoms with Crippen molar-refractivity contribution in [3.63, 3.8) is 0 Å². The molecule has 0 spiro atoms. The Balaban J connectivity index is 2.17. The van der Waals surface area contributed by atoms with Crippen LogP contribution in [0.15, 0.2) is 0 Å². The molecule has 6 nitrogen and oxygen atoms in total. The van der Waals surface area contributed by atoms with Crippen molar-refractivity contribution in [3.8, 4) is 0 Å². The molecule has 6 heteroatoms. The first-order valence-corrected chi connectivity index (χ1v) is 9.28. The van der Waals surface area contributed by atoms with Crippen LogP contribution in [0.3, 0.4) is 0 Å². The lowest BCUT2D eigenvalue weighted by Crippen LogP contribution is -2.35. The van der Waals surface area contributed by atoms with Gasteiger partial charge < -0.3 is 9.47 Å². The molecule has 0 aromatic heterocycles. The van der Waals surface area contributed by atoms with Crippen molar-refractivity contribution in [3.05, 3.63) is 0 Å². The lowest BCUT2D eigenvalue weighted by atomic mass is 9.84. The highest BCUT2D eigenvalue weighted by atomic mass is 16.5. The van der Waals surface area contributed by atoms with Gasteiger partial charge in [0.1, 0.15) is 5.78 Å². The summed E-state index contributed by atoms with van der Waals surface area (Å²) in [6.07, 6.45) is 0.731. The van der Waals surface area contributed by atoms with Crippen molar-refractivity contribution < 1.29 is 23.9 Å². The van der Waals surface area contributed by atoms with Gasteiger partial charge in [0.15, 0.2) is 0 Å². The van der Waals surface area contributed by atoms with Crippen molar-refractivity contribution in [2.24, 2.45) is 23.7 Å². The third kappa shape index (κ3) is 6.86. The smallest absolute Gasteiger partial charge is 0.233 e. The van der Waals surface area contributed by atoms with Crippen LogP contribution in [-0.2, 0) is 23.9 Å². The number of hydrogen-bond donors (Lipinski definition) is 0. The number of rotatable bonds is 12. The molecular formula is C19H33NO5. The van der Waals surface area contributed by atoms with Gasteiger partial charge in [-0.1, -0.05) is 34.6 Å². The van der Waals surface area contributed by atoms with Gasteiger partial charge in [0.2, 0.25) is 11.8 Å². The molecule has 0 aromatic rings. The molecule has 1 rings (SSSR count). The number of ether oxygens (including phenoxy) is 2. The van der Waals surface area contributed by atoms with Gasteiger partial charge in [0.25, 0.3) is 0 Å². The molecule has 1 aliphatic rings. The van der Waals surface area contributed by atoms with E-state index in [1.165, 1.54) is 4.90 Å². The molecule has 25 heavy (non-hydrogen) atoms. The maximum absolute atomic E-state index is 12.4. The van der Waals surface area contributed by atoms with Crippen LogP contribution in [-0.4, -0.2) is 55.5 Å². The summed E-state index contributed by atoms with van der Waals surface area (Å²) in [6, 6.07) is 0. The van der Waals surface area contributed by atoms with E-state index in [1.807, 2.05) is 20.8 Å². The van der Waals surface area contributed by atoms with Crippen molar-refractivity contribution in [1.29, 1.82) is 0 Å². The minimum Gasteiger partial charge on any atom is -0.379 e. The Morgan fingerprint density at radius 2 is 1.64 bits per heavy atom. The van der Waals surface area contributed by atoms with Crippen LogP contribution in [0, 0.1) is 23.7 Å². The molecule has 1 saturated heterocycles. The highest BCUT2D eigenvalue weighted by molar-refractivity contribution is 6.03. The van der Waals surface area contributed by atoms with E-state index in [-0.39, 0.29) is 35.4 Å². The average molecular weight is 355 g/mol. The van der Waals surface area contributed by atoms with Gasteiger partial charge in [-0.05, 0) is 11.8 Å². The zero-order valence-electron chi connectivity index (χ0n) is 16.2. The molecule has 0 saturated carbocycles. The highest BCUT2D eigenvalue weighted by Gasteiger charge is 2.41. The summed E-state index contributed by atoms with van der Waals surface area (Å²) < 4.78 is 10.8. The van der Waals surface area contributed by atoms with E-state index in [2.05, 4.69) is 13.8 Å². The number of ketones is 1. The molecular weight excluding hydrogens is 322 g/mol. The summed E-state index contributed by atoms with van der Waals surface area (Å²) >= 11 is 0. The molecule has 1 heterocycles. The van der Waals surface area contributed by atoms with Gasteiger partial charge in [0, 0.05) is 18.8 Å². The Morgan fingerprint density at radius 1 is 1.04 bits per heavy atom. The first-order chi connectivity index (χ1) is 11.8. The highest BCUT2D eigenvalue weighted by Crippen LogP contribution is 2.30. The first kappa shape index (κ1) is 21.8. The van der Waals surface area contributed by atoms with E-state index in [0.717, 1.165) is 0 Å². The quantitative estimate of drug-likeness (QED) is 0.397. The molecule has 0 aliphatic carbocycles. The van der Waals surface area contributed by atoms with Gasteiger partial charge in [-0.15, -0.1) is 0 Å². The maximum atomic E-state index is 12.4. The summed E-state index contributed by atoms with van der Waals surface area (Å²) in [5.74, 6) is 0.430. The molecule has 2 amide bonds. The Bertz CT molecular complexity index is 461. The zero-order chi connectivity index (χ0) is 19.0. The summed E-state index contributed by atoms with van der Waals surface area (Å²) in [5.41, 5.74) is 0. The van der Waals surface area contributed by atoms with E-state index in [4.69, 9.17) is 9.47 Å². The number of hydrogen-bond acceptors (Lipinski definition) is 5. The Morgan fingerprint density at radius 3 is 2.20 bits per heavy atom. The fourth-order valence-electron chi connectivity index (χ4n) is 2.76. The first-order valence-electron chi connectivity index (χ1n) is 9.28. The van der Waals surface area contributed by atoms with Gasteiger partial charge in [0.05, 0.1) is 38.9 Å². The second kappa shape index (κ2) is 10.7. The largest absolute Gasteiger partial charge is 0.379 e. The third-order valence-electron chi connectivity index (χ3n) is 4.93. The monoisotopic (exact) mass is 355 g/mol. The van der Waals surface area contributed by atoms with Crippen molar-refractivity contribution in [1.82, 2.24) is 4.90 Å². The number of Topliss-reactive ketones (excluding diaryl/α,β-unsaturated/α-hetero) is 1.